The maximum Gasteiger partial charge on any atom is 0.231 e. The van der Waals surface area contributed by atoms with Gasteiger partial charge in [0.15, 0.2) is 0 Å². The molecule has 0 radical (unpaired) electrons. The van der Waals surface area contributed by atoms with Gasteiger partial charge in [0.2, 0.25) is 5.71 Å². The van der Waals surface area contributed by atoms with Crippen molar-refractivity contribution >= 4 is 16.9 Å². The van der Waals surface area contributed by atoms with E-state index in [0.29, 0.717) is 11.5 Å². The molecule has 108 valence electrons. The molecule has 2 aromatic heterocycles. The summed E-state index contributed by atoms with van der Waals surface area (Å²) in [7, 11) is 0. The van der Waals surface area contributed by atoms with Crippen molar-refractivity contribution in [2.45, 2.75) is 33.7 Å². The van der Waals surface area contributed by atoms with E-state index >= 15 is 0 Å². The summed E-state index contributed by atoms with van der Waals surface area (Å²) in [6, 6.07) is 10.6. The van der Waals surface area contributed by atoms with Gasteiger partial charge in [-0.3, -0.25) is 0 Å². The van der Waals surface area contributed by atoms with Crippen LogP contribution in [0.25, 0.3) is 11.1 Å². The summed E-state index contributed by atoms with van der Waals surface area (Å²) in [4.78, 5) is 8.85. The Hall–Kier alpha value is -2.36. The Morgan fingerprint density at radius 2 is 1.90 bits per heavy atom. The molecule has 0 spiro atoms. The Labute approximate surface area is 124 Å². The molecule has 1 atom stereocenters. The van der Waals surface area contributed by atoms with Gasteiger partial charge in [0, 0.05) is 6.04 Å². The van der Waals surface area contributed by atoms with E-state index in [2.05, 4.69) is 53.4 Å². The molecule has 4 nitrogen and oxygen atoms in total. The van der Waals surface area contributed by atoms with E-state index in [1.54, 1.807) is 0 Å². The van der Waals surface area contributed by atoms with Gasteiger partial charge in [-0.2, -0.15) is 4.98 Å². The summed E-state index contributed by atoms with van der Waals surface area (Å²) in [6.07, 6.45) is 0. The number of aryl methyl sites for hydroxylation is 3. The van der Waals surface area contributed by atoms with Crippen LogP contribution in [0.5, 0.6) is 0 Å². The standard InChI is InChI=1S/C17H19N3O/c1-10-6-5-7-14(8-10)12(3)18-16-15-9-11(2)21-17(15)20-13(4)19-16/h5-9,12H,1-4H3,(H,18,19,20). The predicted molar refractivity (Wildman–Crippen MR) is 84.5 cm³/mol. The zero-order valence-corrected chi connectivity index (χ0v) is 12.8. The monoisotopic (exact) mass is 281 g/mol. The summed E-state index contributed by atoms with van der Waals surface area (Å²) in [5.41, 5.74) is 3.13. The molecular formula is C17H19N3O. The van der Waals surface area contributed by atoms with Crippen molar-refractivity contribution in [3.05, 3.63) is 53.0 Å². The molecule has 21 heavy (non-hydrogen) atoms. The highest BCUT2D eigenvalue weighted by Gasteiger charge is 2.13. The summed E-state index contributed by atoms with van der Waals surface area (Å²) in [5, 5.41) is 4.40. The maximum absolute atomic E-state index is 5.60. The van der Waals surface area contributed by atoms with Crippen LogP contribution in [0.4, 0.5) is 5.82 Å². The SMILES string of the molecule is Cc1cccc(C(C)Nc2nc(C)nc3oc(C)cc23)c1. The quantitative estimate of drug-likeness (QED) is 0.776. The molecule has 3 rings (SSSR count). The van der Waals surface area contributed by atoms with Crippen LogP contribution in [0.15, 0.2) is 34.7 Å². The number of anilines is 1. The van der Waals surface area contributed by atoms with E-state index in [0.717, 1.165) is 17.0 Å². The maximum atomic E-state index is 5.60. The third kappa shape index (κ3) is 2.75. The van der Waals surface area contributed by atoms with Gasteiger partial charge in [-0.1, -0.05) is 29.8 Å². The first-order chi connectivity index (χ1) is 10.0. The van der Waals surface area contributed by atoms with Crippen LogP contribution in [0, 0.1) is 20.8 Å². The average Bonchev–Trinajstić information content (AvgIpc) is 2.79. The summed E-state index contributed by atoms with van der Waals surface area (Å²) < 4.78 is 5.60. The van der Waals surface area contributed by atoms with Gasteiger partial charge in [0.25, 0.3) is 0 Å². The van der Waals surface area contributed by atoms with Crippen LogP contribution in [0.3, 0.4) is 0 Å². The Kier molecular flexibility index (Phi) is 3.37. The number of aromatic nitrogens is 2. The fourth-order valence-corrected chi connectivity index (χ4v) is 2.49. The molecule has 3 aromatic rings. The number of hydrogen-bond acceptors (Lipinski definition) is 4. The fraction of sp³-hybridized carbons (Fsp3) is 0.294. The summed E-state index contributed by atoms with van der Waals surface area (Å²) in [6.45, 7) is 8.03. The highest BCUT2D eigenvalue weighted by molar-refractivity contribution is 5.86. The molecule has 0 saturated heterocycles. The zero-order chi connectivity index (χ0) is 15.0. The Balaban J connectivity index is 1.97. The molecule has 0 bridgehead atoms. The first-order valence-corrected chi connectivity index (χ1v) is 7.11. The minimum Gasteiger partial charge on any atom is -0.443 e. The number of fused-ring (bicyclic) bond motifs is 1. The molecule has 1 N–H and O–H groups in total. The minimum absolute atomic E-state index is 0.164. The molecule has 0 aliphatic rings. The van der Waals surface area contributed by atoms with Crippen LogP contribution >= 0.6 is 0 Å². The van der Waals surface area contributed by atoms with Crippen LogP contribution in [0.2, 0.25) is 0 Å². The number of nitrogens with zero attached hydrogens (tertiary/aromatic N) is 2. The smallest absolute Gasteiger partial charge is 0.231 e. The lowest BCUT2D eigenvalue weighted by Gasteiger charge is -2.16. The summed E-state index contributed by atoms with van der Waals surface area (Å²) >= 11 is 0. The molecule has 0 amide bonds. The Morgan fingerprint density at radius 3 is 2.67 bits per heavy atom. The molecule has 1 unspecified atom stereocenters. The molecule has 0 saturated carbocycles. The molecular weight excluding hydrogens is 262 g/mol. The van der Waals surface area contributed by atoms with Crippen LogP contribution < -0.4 is 5.32 Å². The number of hydrogen-bond donors (Lipinski definition) is 1. The third-order valence-electron chi connectivity index (χ3n) is 3.52. The Bertz CT molecular complexity index is 792. The van der Waals surface area contributed by atoms with E-state index in [1.807, 2.05) is 19.9 Å². The van der Waals surface area contributed by atoms with E-state index in [4.69, 9.17) is 4.42 Å². The van der Waals surface area contributed by atoms with Crippen molar-refractivity contribution in [1.82, 2.24) is 9.97 Å². The number of furan rings is 1. The van der Waals surface area contributed by atoms with Gasteiger partial charge >= 0.3 is 0 Å². The zero-order valence-electron chi connectivity index (χ0n) is 12.8. The van der Waals surface area contributed by atoms with E-state index < -0.39 is 0 Å². The molecule has 0 aliphatic heterocycles. The Morgan fingerprint density at radius 1 is 1.10 bits per heavy atom. The van der Waals surface area contributed by atoms with Gasteiger partial charge in [-0.15, -0.1) is 0 Å². The van der Waals surface area contributed by atoms with Crippen molar-refractivity contribution in [3.63, 3.8) is 0 Å². The first-order valence-electron chi connectivity index (χ1n) is 7.11. The van der Waals surface area contributed by atoms with E-state index in [9.17, 15) is 0 Å². The van der Waals surface area contributed by atoms with Gasteiger partial charge in [0.1, 0.15) is 17.4 Å². The van der Waals surface area contributed by atoms with Gasteiger partial charge in [-0.25, -0.2) is 4.98 Å². The van der Waals surface area contributed by atoms with Gasteiger partial charge < -0.3 is 9.73 Å². The third-order valence-corrected chi connectivity index (χ3v) is 3.52. The lowest BCUT2D eigenvalue weighted by Crippen LogP contribution is -2.09. The molecule has 2 heterocycles. The van der Waals surface area contributed by atoms with Crippen molar-refractivity contribution in [3.8, 4) is 0 Å². The van der Waals surface area contributed by atoms with Gasteiger partial charge in [0.05, 0.1) is 5.39 Å². The molecule has 4 heteroatoms. The van der Waals surface area contributed by atoms with Crippen LogP contribution in [0.1, 0.15) is 35.7 Å². The largest absolute Gasteiger partial charge is 0.443 e. The topological polar surface area (TPSA) is 51.0 Å². The number of rotatable bonds is 3. The van der Waals surface area contributed by atoms with Crippen molar-refractivity contribution in [2.75, 3.05) is 5.32 Å². The normalized spacial score (nSPS) is 12.6. The summed E-state index contributed by atoms with van der Waals surface area (Å²) in [5.74, 6) is 2.37. The predicted octanol–water partition coefficient (Wildman–Crippen LogP) is 4.32. The van der Waals surface area contributed by atoms with Crippen LogP contribution in [-0.4, -0.2) is 9.97 Å². The van der Waals surface area contributed by atoms with Crippen molar-refractivity contribution < 1.29 is 4.42 Å². The number of benzene rings is 1. The molecule has 0 fully saturated rings. The van der Waals surface area contributed by atoms with Crippen LogP contribution in [-0.2, 0) is 0 Å². The fourth-order valence-electron chi connectivity index (χ4n) is 2.49. The highest BCUT2D eigenvalue weighted by Crippen LogP contribution is 2.27. The molecule has 1 aromatic carbocycles. The first kappa shape index (κ1) is 13.6. The van der Waals surface area contributed by atoms with Gasteiger partial charge in [-0.05, 0) is 39.3 Å². The molecule has 0 aliphatic carbocycles. The minimum atomic E-state index is 0.164. The average molecular weight is 281 g/mol. The number of nitrogens with one attached hydrogen (secondary N) is 1. The van der Waals surface area contributed by atoms with Crippen molar-refractivity contribution in [2.24, 2.45) is 0 Å². The second-order valence-corrected chi connectivity index (χ2v) is 5.48. The second-order valence-electron chi connectivity index (χ2n) is 5.48. The lowest BCUT2D eigenvalue weighted by atomic mass is 10.1. The highest BCUT2D eigenvalue weighted by atomic mass is 16.3. The van der Waals surface area contributed by atoms with Crippen molar-refractivity contribution in [1.29, 1.82) is 0 Å². The second kappa shape index (κ2) is 5.20. The van der Waals surface area contributed by atoms with E-state index in [1.165, 1.54) is 11.1 Å². The lowest BCUT2D eigenvalue weighted by molar-refractivity contribution is 0.566. The van der Waals surface area contributed by atoms with E-state index in [-0.39, 0.29) is 6.04 Å².